The van der Waals surface area contributed by atoms with Gasteiger partial charge in [0.25, 0.3) is 0 Å². The van der Waals surface area contributed by atoms with Crippen molar-refractivity contribution in [3.05, 3.63) is 0 Å². The molecule has 0 aromatic rings. The zero-order valence-corrected chi connectivity index (χ0v) is 8.20. The zero-order chi connectivity index (χ0) is 7.49. The third kappa shape index (κ3) is 3.23. The zero-order valence-electron chi connectivity index (χ0n) is 6.45. The number of rotatable bonds is 3. The Kier molecular flexibility index (Phi) is 3.78. The molecule has 0 bridgehead atoms. The lowest BCUT2D eigenvalue weighted by Crippen LogP contribution is -2.42. The van der Waals surface area contributed by atoms with Crippen LogP contribution in [0.5, 0.6) is 0 Å². The Morgan fingerprint density at radius 1 is 1.56 bits per heavy atom. The predicted molar refractivity (Wildman–Crippen MR) is 46.0 cm³/mol. The average molecular weight is 166 g/mol. The first-order chi connectivity index (χ1) is 4.00. The summed E-state index contributed by atoms with van der Waals surface area (Å²) in [4.78, 5) is 0. The first-order valence-electron chi connectivity index (χ1n) is 3.48. The molecule has 0 aliphatic heterocycles. The Bertz CT molecular complexity index is 83.1. The average Bonchev–Trinajstić information content (AvgIpc) is 1.65. The lowest BCUT2D eigenvalue weighted by molar-refractivity contribution is 0.956. The lowest BCUT2D eigenvalue weighted by Gasteiger charge is -2.21. The van der Waals surface area contributed by atoms with Crippen LogP contribution in [0.1, 0.15) is 27.2 Å². The quantitative estimate of drug-likeness (QED) is 0.505. The topological polar surface area (TPSA) is 26.0 Å². The van der Waals surface area contributed by atoms with Crippen molar-refractivity contribution in [3.63, 3.8) is 0 Å². The summed E-state index contributed by atoms with van der Waals surface area (Å²) >= 11 is 6.09. The maximum absolute atomic E-state index is 6.09. The van der Waals surface area contributed by atoms with Gasteiger partial charge in [-0.25, -0.2) is 0 Å². The van der Waals surface area contributed by atoms with Crippen molar-refractivity contribution in [2.75, 3.05) is 0 Å². The minimum atomic E-state index is -1.81. The molecule has 56 valence electrons. The van der Waals surface area contributed by atoms with E-state index in [0.29, 0.717) is 5.54 Å². The van der Waals surface area contributed by atoms with Crippen LogP contribution in [-0.4, -0.2) is 7.55 Å². The molecule has 1 atom stereocenters. The highest BCUT2D eigenvalue weighted by Crippen LogP contribution is 2.24. The van der Waals surface area contributed by atoms with Crippen molar-refractivity contribution in [3.8, 4) is 0 Å². The van der Waals surface area contributed by atoms with Crippen LogP contribution in [0.25, 0.3) is 0 Å². The fourth-order valence-corrected chi connectivity index (χ4v) is 2.58. The molecule has 0 amide bonds. The molecule has 0 spiro atoms. The van der Waals surface area contributed by atoms with Crippen LogP contribution in [0.15, 0.2) is 0 Å². The normalized spacial score (nSPS) is 18.0. The van der Waals surface area contributed by atoms with E-state index in [0.717, 1.165) is 12.5 Å². The van der Waals surface area contributed by atoms with E-state index in [4.69, 9.17) is 16.5 Å². The van der Waals surface area contributed by atoms with E-state index < -0.39 is 7.55 Å². The van der Waals surface area contributed by atoms with Crippen molar-refractivity contribution < 1.29 is 0 Å². The van der Waals surface area contributed by atoms with E-state index in [1.807, 2.05) is 0 Å². The van der Waals surface area contributed by atoms with Crippen molar-refractivity contribution >= 4 is 18.6 Å². The molecule has 1 nitrogen and oxygen atoms in total. The Morgan fingerprint density at radius 2 is 2.00 bits per heavy atom. The minimum absolute atomic E-state index is 0.499. The largest absolute Gasteiger partial charge is 0.339 e. The first kappa shape index (κ1) is 9.47. The molecule has 0 aliphatic rings. The molecule has 0 radical (unpaired) electrons. The van der Waals surface area contributed by atoms with Gasteiger partial charge in [0.05, 0.1) is 0 Å². The molecular formula is C6H16ClNSi. The summed E-state index contributed by atoms with van der Waals surface area (Å²) in [5.74, 6) is 0. The summed E-state index contributed by atoms with van der Waals surface area (Å²) in [5, 5.41) is 5.87. The molecule has 0 aliphatic carbocycles. The Hall–Kier alpha value is 0.467. The van der Waals surface area contributed by atoms with Gasteiger partial charge in [0.2, 0.25) is 7.55 Å². The van der Waals surface area contributed by atoms with Gasteiger partial charge in [-0.15, -0.1) is 11.1 Å². The molecule has 1 unspecified atom stereocenters. The molecule has 0 saturated heterocycles. The van der Waals surface area contributed by atoms with Gasteiger partial charge in [-0.1, -0.05) is 27.2 Å². The lowest BCUT2D eigenvalue weighted by atomic mass is 10.6. The number of hydrogen-bond acceptors (Lipinski definition) is 1. The fourth-order valence-electron chi connectivity index (χ4n) is 0.672. The maximum Gasteiger partial charge on any atom is 0.226 e. The van der Waals surface area contributed by atoms with Gasteiger partial charge in [-0.3, -0.25) is 0 Å². The van der Waals surface area contributed by atoms with Crippen LogP contribution in [-0.2, 0) is 0 Å². The van der Waals surface area contributed by atoms with Gasteiger partial charge in [-0.2, -0.15) is 0 Å². The van der Waals surface area contributed by atoms with E-state index in [-0.39, 0.29) is 0 Å². The van der Waals surface area contributed by atoms with Gasteiger partial charge in [-0.05, 0) is 11.6 Å². The smallest absolute Gasteiger partial charge is 0.226 e. The molecule has 0 aromatic heterocycles. The van der Waals surface area contributed by atoms with Gasteiger partial charge in [0, 0.05) is 0 Å². The second kappa shape index (κ2) is 3.59. The van der Waals surface area contributed by atoms with Gasteiger partial charge in [0.1, 0.15) is 0 Å². The van der Waals surface area contributed by atoms with E-state index in [1.165, 1.54) is 0 Å². The molecule has 0 saturated carbocycles. The molecule has 0 fully saturated rings. The van der Waals surface area contributed by atoms with Crippen molar-refractivity contribution in [2.45, 2.75) is 38.8 Å². The number of nitrogens with two attached hydrogens (primary N) is 1. The van der Waals surface area contributed by atoms with Gasteiger partial charge < -0.3 is 5.40 Å². The molecule has 0 heterocycles. The third-order valence-corrected chi connectivity index (χ3v) is 6.66. The Morgan fingerprint density at radius 3 is 2.11 bits per heavy atom. The van der Waals surface area contributed by atoms with Crippen molar-refractivity contribution in [1.29, 1.82) is 0 Å². The fraction of sp³-hybridized carbons (Fsp3) is 1.00. The third-order valence-electron chi connectivity index (χ3n) is 1.59. The second-order valence-corrected chi connectivity index (χ2v) is 8.45. The minimum Gasteiger partial charge on any atom is -0.339 e. The van der Waals surface area contributed by atoms with Crippen LogP contribution in [0.3, 0.4) is 0 Å². The molecule has 9 heavy (non-hydrogen) atoms. The predicted octanol–water partition coefficient (Wildman–Crippen LogP) is 2.45. The van der Waals surface area contributed by atoms with Crippen molar-refractivity contribution in [2.24, 2.45) is 5.40 Å². The van der Waals surface area contributed by atoms with Crippen LogP contribution >= 0.6 is 11.1 Å². The van der Waals surface area contributed by atoms with Gasteiger partial charge in [0.15, 0.2) is 0 Å². The highest BCUT2D eigenvalue weighted by molar-refractivity contribution is 7.19. The van der Waals surface area contributed by atoms with E-state index in [9.17, 15) is 0 Å². The standard InChI is InChI=1S/C6H16ClNSi/c1-4-5-9(7,8)6(2)3/h6H,4-5,8H2,1-3H3. The van der Waals surface area contributed by atoms with E-state index in [2.05, 4.69) is 20.8 Å². The highest BCUT2D eigenvalue weighted by atomic mass is 35.6. The van der Waals surface area contributed by atoms with Crippen LogP contribution in [0, 0.1) is 0 Å². The van der Waals surface area contributed by atoms with E-state index in [1.54, 1.807) is 0 Å². The van der Waals surface area contributed by atoms with Crippen LogP contribution in [0.2, 0.25) is 11.6 Å². The summed E-state index contributed by atoms with van der Waals surface area (Å²) in [6.07, 6.45) is 1.12. The molecule has 3 heteroatoms. The SMILES string of the molecule is CCC[Si](N)(Cl)C(C)C. The molecule has 0 aromatic carbocycles. The molecule has 2 N–H and O–H groups in total. The first-order valence-corrected chi connectivity index (χ1v) is 6.86. The van der Waals surface area contributed by atoms with Crippen LogP contribution < -0.4 is 5.40 Å². The molecule has 0 rings (SSSR count). The maximum atomic E-state index is 6.09. The number of hydrogen-bond donors (Lipinski definition) is 1. The second-order valence-electron chi connectivity index (χ2n) is 2.83. The highest BCUT2D eigenvalue weighted by Gasteiger charge is 2.28. The Labute approximate surface area is 63.4 Å². The summed E-state index contributed by atoms with van der Waals surface area (Å²) in [6.45, 7) is 6.34. The monoisotopic (exact) mass is 165 g/mol. The number of halogens is 1. The molecular weight excluding hydrogens is 150 g/mol. The van der Waals surface area contributed by atoms with Crippen molar-refractivity contribution in [1.82, 2.24) is 0 Å². The van der Waals surface area contributed by atoms with E-state index >= 15 is 0 Å². The summed E-state index contributed by atoms with van der Waals surface area (Å²) in [7, 11) is -1.81. The summed E-state index contributed by atoms with van der Waals surface area (Å²) < 4.78 is 0. The van der Waals surface area contributed by atoms with Gasteiger partial charge >= 0.3 is 0 Å². The summed E-state index contributed by atoms with van der Waals surface area (Å²) in [6, 6.07) is 1.03. The Balaban J connectivity index is 3.70. The summed E-state index contributed by atoms with van der Waals surface area (Å²) in [5.41, 5.74) is 0.499. The van der Waals surface area contributed by atoms with Crippen LogP contribution in [0.4, 0.5) is 0 Å².